The summed E-state index contributed by atoms with van der Waals surface area (Å²) in [6.07, 6.45) is 0. The Hall–Kier alpha value is -2.55. The Morgan fingerprint density at radius 1 is 1.38 bits per heavy atom. The van der Waals surface area contributed by atoms with Crippen LogP contribution >= 0.6 is 15.9 Å². The van der Waals surface area contributed by atoms with E-state index in [2.05, 4.69) is 20.9 Å². The topological polar surface area (TPSA) is 103 Å². The Morgan fingerprint density at radius 3 is 2.67 bits per heavy atom. The van der Waals surface area contributed by atoms with E-state index in [9.17, 15) is 19.3 Å². The number of halogens is 2. The van der Waals surface area contributed by atoms with Crippen LogP contribution in [0.4, 0.5) is 10.1 Å². The van der Waals surface area contributed by atoms with E-state index < -0.39 is 34.0 Å². The fraction of sp³-hybridized carbons (Fsp3) is 0. The van der Waals surface area contributed by atoms with Gasteiger partial charge in [0, 0.05) is 16.6 Å². The number of nitrogens with zero attached hydrogens (tertiary/aromatic N) is 2. The average molecular weight is 357 g/mol. The number of hydrogen-bond acceptors (Lipinski definition) is 5. The van der Waals surface area contributed by atoms with Gasteiger partial charge in [-0.3, -0.25) is 10.1 Å². The van der Waals surface area contributed by atoms with Gasteiger partial charge in [-0.05, 0) is 18.2 Å². The summed E-state index contributed by atoms with van der Waals surface area (Å²) in [5, 5.41) is 19.7. The summed E-state index contributed by atoms with van der Waals surface area (Å²) in [6, 6.07) is 5.46. The molecule has 0 radical (unpaired) electrons. The summed E-state index contributed by atoms with van der Waals surface area (Å²) >= 11 is 3.04. The monoisotopic (exact) mass is 356 g/mol. The zero-order valence-corrected chi connectivity index (χ0v) is 11.7. The molecule has 0 amide bonds. The Bertz CT molecular complexity index is 717. The number of ether oxygens (including phenoxy) is 1. The van der Waals surface area contributed by atoms with Crippen LogP contribution in [0.3, 0.4) is 0 Å². The Morgan fingerprint density at radius 2 is 2.10 bits per heavy atom. The molecule has 1 aromatic heterocycles. The molecule has 1 aromatic carbocycles. The van der Waals surface area contributed by atoms with E-state index in [1.54, 1.807) is 0 Å². The largest absolute Gasteiger partial charge is 0.477 e. The van der Waals surface area contributed by atoms with Crippen LogP contribution in [0.2, 0.25) is 0 Å². The summed E-state index contributed by atoms with van der Waals surface area (Å²) in [5.74, 6) is -2.58. The normalized spacial score (nSPS) is 10.2. The zero-order chi connectivity index (χ0) is 15.6. The van der Waals surface area contributed by atoms with Crippen molar-refractivity contribution in [3.05, 3.63) is 56.4 Å². The Kier molecular flexibility index (Phi) is 4.13. The van der Waals surface area contributed by atoms with E-state index in [0.29, 0.717) is 4.47 Å². The van der Waals surface area contributed by atoms with Gasteiger partial charge in [0.15, 0.2) is 5.69 Å². The lowest BCUT2D eigenvalue weighted by Gasteiger charge is -2.06. The highest BCUT2D eigenvalue weighted by Crippen LogP contribution is 2.31. The SMILES string of the molecule is O=C(O)c1ccc([N+](=O)[O-])c(Oc2cc(F)cc(Br)c2)n1. The molecule has 0 fully saturated rings. The van der Waals surface area contributed by atoms with Crippen molar-refractivity contribution < 1.29 is 24.0 Å². The van der Waals surface area contributed by atoms with Crippen molar-refractivity contribution in [1.82, 2.24) is 4.98 Å². The molecule has 7 nitrogen and oxygen atoms in total. The van der Waals surface area contributed by atoms with Gasteiger partial charge in [-0.15, -0.1) is 0 Å². The molecular formula is C12H6BrFN2O5. The summed E-state index contributed by atoms with van der Waals surface area (Å²) in [5.41, 5.74) is -0.952. The molecule has 0 unspecified atom stereocenters. The molecule has 0 spiro atoms. The van der Waals surface area contributed by atoms with Crippen LogP contribution in [0.25, 0.3) is 0 Å². The minimum absolute atomic E-state index is 0.0555. The van der Waals surface area contributed by atoms with Crippen LogP contribution < -0.4 is 4.74 Å². The van der Waals surface area contributed by atoms with Crippen molar-refractivity contribution in [2.45, 2.75) is 0 Å². The molecule has 1 heterocycles. The summed E-state index contributed by atoms with van der Waals surface area (Å²) in [7, 11) is 0. The van der Waals surface area contributed by atoms with Gasteiger partial charge in [0.1, 0.15) is 11.6 Å². The lowest BCUT2D eigenvalue weighted by atomic mass is 10.3. The van der Waals surface area contributed by atoms with E-state index in [4.69, 9.17) is 9.84 Å². The van der Waals surface area contributed by atoms with Crippen molar-refractivity contribution in [1.29, 1.82) is 0 Å². The molecule has 9 heteroatoms. The minimum atomic E-state index is -1.37. The minimum Gasteiger partial charge on any atom is -0.477 e. The first-order chi connectivity index (χ1) is 9.86. The van der Waals surface area contributed by atoms with Gasteiger partial charge in [-0.1, -0.05) is 15.9 Å². The van der Waals surface area contributed by atoms with Gasteiger partial charge in [-0.2, -0.15) is 4.98 Å². The van der Waals surface area contributed by atoms with E-state index in [0.717, 1.165) is 18.2 Å². The molecule has 0 aliphatic rings. The third kappa shape index (κ3) is 3.51. The van der Waals surface area contributed by atoms with Gasteiger partial charge in [-0.25, -0.2) is 9.18 Å². The number of carbonyl (C=O) groups is 1. The number of rotatable bonds is 4. The van der Waals surface area contributed by atoms with Crippen LogP contribution in [-0.4, -0.2) is 21.0 Å². The molecule has 0 aliphatic heterocycles. The van der Waals surface area contributed by atoms with Crippen molar-refractivity contribution in [2.75, 3.05) is 0 Å². The molecule has 0 atom stereocenters. The second kappa shape index (κ2) is 5.83. The zero-order valence-electron chi connectivity index (χ0n) is 10.1. The highest BCUT2D eigenvalue weighted by Gasteiger charge is 2.21. The van der Waals surface area contributed by atoms with Crippen LogP contribution in [0.1, 0.15) is 10.5 Å². The van der Waals surface area contributed by atoms with Crippen LogP contribution in [0.15, 0.2) is 34.8 Å². The summed E-state index contributed by atoms with van der Waals surface area (Å²) < 4.78 is 18.7. The summed E-state index contributed by atoms with van der Waals surface area (Å²) in [6.45, 7) is 0. The van der Waals surface area contributed by atoms with Crippen LogP contribution in [0.5, 0.6) is 11.6 Å². The third-order valence-electron chi connectivity index (χ3n) is 2.31. The average Bonchev–Trinajstić information content (AvgIpc) is 2.36. The fourth-order valence-electron chi connectivity index (χ4n) is 1.47. The van der Waals surface area contributed by atoms with Crippen molar-refractivity contribution >= 4 is 27.6 Å². The number of nitro groups is 1. The van der Waals surface area contributed by atoms with Crippen molar-refractivity contribution in [3.63, 3.8) is 0 Å². The molecule has 0 saturated heterocycles. The predicted octanol–water partition coefficient (Wildman–Crippen LogP) is 3.38. The number of aromatic nitrogens is 1. The third-order valence-corrected chi connectivity index (χ3v) is 2.76. The van der Waals surface area contributed by atoms with Gasteiger partial charge in [0.05, 0.1) is 4.92 Å². The van der Waals surface area contributed by atoms with Gasteiger partial charge >= 0.3 is 11.7 Å². The highest BCUT2D eigenvalue weighted by molar-refractivity contribution is 9.10. The maximum absolute atomic E-state index is 13.2. The lowest BCUT2D eigenvalue weighted by molar-refractivity contribution is -0.386. The van der Waals surface area contributed by atoms with Gasteiger partial charge in [0.25, 0.3) is 5.88 Å². The molecule has 1 N–H and O–H groups in total. The van der Waals surface area contributed by atoms with Crippen molar-refractivity contribution in [2.24, 2.45) is 0 Å². The maximum Gasteiger partial charge on any atom is 0.354 e. The highest BCUT2D eigenvalue weighted by atomic mass is 79.9. The second-order valence-electron chi connectivity index (χ2n) is 3.79. The molecule has 108 valence electrons. The quantitative estimate of drug-likeness (QED) is 0.665. The summed E-state index contributed by atoms with van der Waals surface area (Å²) in [4.78, 5) is 24.5. The van der Waals surface area contributed by atoms with Crippen LogP contribution in [0, 0.1) is 15.9 Å². The lowest BCUT2D eigenvalue weighted by Crippen LogP contribution is -2.04. The maximum atomic E-state index is 13.2. The van der Waals surface area contributed by atoms with Crippen molar-refractivity contribution in [3.8, 4) is 11.6 Å². The first-order valence-corrected chi connectivity index (χ1v) is 6.19. The molecule has 2 aromatic rings. The number of carboxylic acid groups (broad SMARTS) is 1. The fourth-order valence-corrected chi connectivity index (χ4v) is 1.91. The number of aromatic carboxylic acids is 1. The Labute approximate surface area is 125 Å². The number of hydrogen-bond donors (Lipinski definition) is 1. The number of benzene rings is 1. The molecule has 0 bridgehead atoms. The first kappa shape index (κ1) is 14.9. The molecule has 21 heavy (non-hydrogen) atoms. The van der Waals surface area contributed by atoms with Gasteiger partial charge < -0.3 is 9.84 Å². The smallest absolute Gasteiger partial charge is 0.354 e. The second-order valence-corrected chi connectivity index (χ2v) is 4.71. The molecule has 2 rings (SSSR count). The first-order valence-electron chi connectivity index (χ1n) is 5.39. The predicted molar refractivity (Wildman–Crippen MR) is 72.0 cm³/mol. The Balaban J connectivity index is 2.47. The van der Waals surface area contributed by atoms with E-state index >= 15 is 0 Å². The van der Waals surface area contributed by atoms with E-state index in [1.807, 2.05) is 0 Å². The van der Waals surface area contributed by atoms with E-state index in [-0.39, 0.29) is 5.75 Å². The van der Waals surface area contributed by atoms with E-state index in [1.165, 1.54) is 12.1 Å². The molecular weight excluding hydrogens is 351 g/mol. The van der Waals surface area contributed by atoms with Gasteiger partial charge in [0.2, 0.25) is 0 Å². The number of carboxylic acids is 1. The molecule has 0 saturated carbocycles. The van der Waals surface area contributed by atoms with Crippen LogP contribution in [-0.2, 0) is 0 Å². The standard InChI is InChI=1S/C12H6BrFN2O5/c13-6-3-7(14)5-8(4-6)21-11-10(16(19)20)2-1-9(15-11)12(17)18/h1-5H,(H,17,18). The number of pyridine rings is 1. The molecule has 0 aliphatic carbocycles.